The van der Waals surface area contributed by atoms with E-state index in [1.54, 1.807) is 24.3 Å². The number of rotatable bonds is 7. The largest absolute Gasteiger partial charge is 0.482 e. The molecule has 1 aromatic rings. The fraction of sp³-hybridized carbons (Fsp3) is 0.385. The first-order valence-electron chi connectivity index (χ1n) is 5.86. The second-order valence-corrected chi connectivity index (χ2v) is 4.31. The zero-order valence-corrected chi connectivity index (χ0v) is 11.0. The van der Waals surface area contributed by atoms with Crippen molar-refractivity contribution in [2.24, 2.45) is 0 Å². The summed E-state index contributed by atoms with van der Waals surface area (Å²) in [5.41, 5.74) is 0.589. The van der Waals surface area contributed by atoms with Crippen molar-refractivity contribution < 1.29 is 19.4 Å². The highest BCUT2D eigenvalue weighted by atomic mass is 16.5. The number of amides is 1. The number of hydrogen-bond donors (Lipinski definition) is 2. The Morgan fingerprint density at radius 2 is 2.11 bits per heavy atom. The van der Waals surface area contributed by atoms with E-state index in [2.05, 4.69) is 5.32 Å². The van der Waals surface area contributed by atoms with Crippen molar-refractivity contribution in [2.75, 3.05) is 32.6 Å². The van der Waals surface area contributed by atoms with Crippen molar-refractivity contribution in [1.82, 2.24) is 4.90 Å². The minimum absolute atomic E-state index is 0.0934. The number of carbonyl (C=O) groups is 2. The highest BCUT2D eigenvalue weighted by Crippen LogP contribution is 2.17. The van der Waals surface area contributed by atoms with Crippen LogP contribution in [0.2, 0.25) is 0 Å². The van der Waals surface area contributed by atoms with Crippen molar-refractivity contribution in [3.05, 3.63) is 24.3 Å². The average molecular weight is 266 g/mol. The number of carboxylic acids is 1. The van der Waals surface area contributed by atoms with Gasteiger partial charge >= 0.3 is 5.97 Å². The molecule has 6 heteroatoms. The summed E-state index contributed by atoms with van der Waals surface area (Å²) in [6.07, 6.45) is 0.396. The molecule has 1 amide bonds. The fourth-order valence-corrected chi connectivity index (χ4v) is 1.36. The van der Waals surface area contributed by atoms with E-state index in [-0.39, 0.29) is 5.91 Å². The molecule has 0 fully saturated rings. The van der Waals surface area contributed by atoms with E-state index in [1.165, 1.54) is 0 Å². The molecule has 0 bridgehead atoms. The van der Waals surface area contributed by atoms with Crippen LogP contribution in [-0.2, 0) is 9.59 Å². The Balaban J connectivity index is 2.51. The van der Waals surface area contributed by atoms with E-state index >= 15 is 0 Å². The number of carbonyl (C=O) groups excluding carboxylic acids is 1. The predicted molar refractivity (Wildman–Crippen MR) is 71.4 cm³/mol. The zero-order chi connectivity index (χ0) is 14.3. The molecule has 2 N–H and O–H groups in total. The molecule has 0 saturated carbocycles. The van der Waals surface area contributed by atoms with Gasteiger partial charge in [-0.1, -0.05) is 6.07 Å². The summed E-state index contributed by atoms with van der Waals surface area (Å²) in [6, 6.07) is 6.65. The maximum Gasteiger partial charge on any atom is 0.341 e. The Hall–Kier alpha value is -2.08. The summed E-state index contributed by atoms with van der Waals surface area (Å²) < 4.78 is 5.03. The Kier molecular flexibility index (Phi) is 5.81. The van der Waals surface area contributed by atoms with Crippen molar-refractivity contribution in [2.45, 2.75) is 6.42 Å². The summed E-state index contributed by atoms with van der Waals surface area (Å²) >= 11 is 0. The normalized spacial score (nSPS) is 10.3. The molecule has 0 aliphatic rings. The predicted octanol–water partition coefficient (Wildman–Crippen LogP) is 1.04. The summed E-state index contributed by atoms with van der Waals surface area (Å²) in [7, 11) is 3.79. The number of anilines is 1. The van der Waals surface area contributed by atoms with Crippen LogP contribution < -0.4 is 10.1 Å². The number of aliphatic carboxylic acids is 1. The molecule has 0 aromatic heterocycles. The highest BCUT2D eigenvalue weighted by Gasteiger charge is 2.05. The SMILES string of the molecule is CN(C)CCC(=O)Nc1cccc(OCC(=O)O)c1. The van der Waals surface area contributed by atoms with E-state index in [0.29, 0.717) is 24.4 Å². The average Bonchev–Trinajstić information content (AvgIpc) is 2.34. The molecule has 0 radical (unpaired) electrons. The lowest BCUT2D eigenvalue weighted by Gasteiger charge is -2.10. The van der Waals surface area contributed by atoms with Crippen LogP contribution in [0.5, 0.6) is 5.75 Å². The molecule has 0 aliphatic carbocycles. The molecule has 0 atom stereocenters. The van der Waals surface area contributed by atoms with Crippen LogP contribution in [0.15, 0.2) is 24.3 Å². The van der Waals surface area contributed by atoms with Crippen molar-refractivity contribution >= 4 is 17.6 Å². The zero-order valence-electron chi connectivity index (χ0n) is 11.0. The molecule has 19 heavy (non-hydrogen) atoms. The van der Waals surface area contributed by atoms with Crippen LogP contribution in [0.4, 0.5) is 5.69 Å². The van der Waals surface area contributed by atoms with Gasteiger partial charge in [0.05, 0.1) is 0 Å². The Morgan fingerprint density at radius 3 is 2.74 bits per heavy atom. The monoisotopic (exact) mass is 266 g/mol. The van der Waals surface area contributed by atoms with Gasteiger partial charge in [0.15, 0.2) is 6.61 Å². The molecule has 6 nitrogen and oxygen atoms in total. The molecule has 0 unspecified atom stereocenters. The maximum absolute atomic E-state index is 11.6. The Labute approximate surface area is 112 Å². The minimum Gasteiger partial charge on any atom is -0.482 e. The topological polar surface area (TPSA) is 78.9 Å². The molecule has 0 saturated heterocycles. The second-order valence-electron chi connectivity index (χ2n) is 4.31. The Bertz CT molecular complexity index is 446. The first-order valence-corrected chi connectivity index (χ1v) is 5.86. The molecule has 104 valence electrons. The van der Waals surface area contributed by atoms with Gasteiger partial charge in [0.25, 0.3) is 0 Å². The number of carboxylic acid groups (broad SMARTS) is 1. The van der Waals surface area contributed by atoms with Crippen LogP contribution in [0.25, 0.3) is 0 Å². The van der Waals surface area contributed by atoms with Gasteiger partial charge in [-0.3, -0.25) is 4.79 Å². The first-order chi connectivity index (χ1) is 8.97. The maximum atomic E-state index is 11.6. The highest BCUT2D eigenvalue weighted by molar-refractivity contribution is 5.91. The second kappa shape index (κ2) is 7.38. The summed E-state index contributed by atoms with van der Waals surface area (Å²) in [5.74, 6) is -0.725. The lowest BCUT2D eigenvalue weighted by molar-refractivity contribution is -0.139. The van der Waals surface area contributed by atoms with Gasteiger partial charge in [-0.25, -0.2) is 4.79 Å². The molecule has 0 aliphatic heterocycles. The number of nitrogens with zero attached hydrogens (tertiary/aromatic N) is 1. The number of ether oxygens (including phenoxy) is 1. The Morgan fingerprint density at radius 1 is 1.37 bits per heavy atom. The van der Waals surface area contributed by atoms with E-state index in [0.717, 1.165) is 0 Å². The van der Waals surface area contributed by atoms with Gasteiger partial charge in [-0.2, -0.15) is 0 Å². The molecule has 1 aromatic carbocycles. The first kappa shape index (κ1) is 15.0. The van der Waals surface area contributed by atoms with Crippen LogP contribution in [0.3, 0.4) is 0 Å². The standard InChI is InChI=1S/C13H18N2O4/c1-15(2)7-6-12(16)14-10-4-3-5-11(8-10)19-9-13(17)18/h3-5,8H,6-7,9H2,1-2H3,(H,14,16)(H,17,18). The third kappa shape index (κ3) is 6.42. The summed E-state index contributed by atoms with van der Waals surface area (Å²) in [4.78, 5) is 23.9. The van der Waals surface area contributed by atoms with E-state index < -0.39 is 12.6 Å². The lowest BCUT2D eigenvalue weighted by atomic mass is 10.3. The third-order valence-electron chi connectivity index (χ3n) is 2.27. The van der Waals surface area contributed by atoms with E-state index in [1.807, 2.05) is 19.0 Å². The van der Waals surface area contributed by atoms with Crippen LogP contribution in [0.1, 0.15) is 6.42 Å². The van der Waals surface area contributed by atoms with Gasteiger partial charge < -0.3 is 20.1 Å². The molecule has 0 heterocycles. The van der Waals surface area contributed by atoms with Crippen molar-refractivity contribution in [3.8, 4) is 5.75 Å². The van der Waals surface area contributed by atoms with Crippen molar-refractivity contribution in [3.63, 3.8) is 0 Å². The molecular weight excluding hydrogens is 248 g/mol. The molecule has 0 spiro atoms. The van der Waals surface area contributed by atoms with E-state index in [4.69, 9.17) is 9.84 Å². The molecule has 1 rings (SSSR count). The van der Waals surface area contributed by atoms with Crippen molar-refractivity contribution in [1.29, 1.82) is 0 Å². The minimum atomic E-state index is -1.04. The van der Waals surface area contributed by atoms with Gasteiger partial charge in [0.2, 0.25) is 5.91 Å². The van der Waals surface area contributed by atoms with E-state index in [9.17, 15) is 9.59 Å². The van der Waals surface area contributed by atoms with Gasteiger partial charge in [-0.15, -0.1) is 0 Å². The fourth-order valence-electron chi connectivity index (χ4n) is 1.36. The van der Waals surface area contributed by atoms with Gasteiger partial charge in [0.1, 0.15) is 5.75 Å². The third-order valence-corrected chi connectivity index (χ3v) is 2.27. The summed E-state index contributed by atoms with van der Waals surface area (Å²) in [5, 5.41) is 11.2. The van der Waals surface area contributed by atoms with Gasteiger partial charge in [0, 0.05) is 24.7 Å². The number of hydrogen-bond acceptors (Lipinski definition) is 4. The van der Waals surface area contributed by atoms with Gasteiger partial charge in [-0.05, 0) is 26.2 Å². The summed E-state index contributed by atoms with van der Waals surface area (Å²) in [6.45, 7) is 0.263. The quantitative estimate of drug-likeness (QED) is 0.771. The van der Waals surface area contributed by atoms with Crippen LogP contribution in [-0.4, -0.2) is 49.1 Å². The van der Waals surface area contributed by atoms with Crippen LogP contribution >= 0.6 is 0 Å². The molecular formula is C13H18N2O4. The smallest absolute Gasteiger partial charge is 0.341 e. The van der Waals surface area contributed by atoms with Crippen LogP contribution in [0, 0.1) is 0 Å². The number of benzene rings is 1. The lowest BCUT2D eigenvalue weighted by Crippen LogP contribution is -2.20. The number of nitrogens with one attached hydrogen (secondary N) is 1.